The van der Waals surface area contributed by atoms with Gasteiger partial charge in [-0.15, -0.1) is 0 Å². The number of piperidine rings is 1. The van der Waals surface area contributed by atoms with Crippen LogP contribution in [0.1, 0.15) is 25.5 Å². The molecule has 2 aromatic heterocycles. The highest BCUT2D eigenvalue weighted by Gasteiger charge is 2.27. The molecule has 3 N–H and O–H groups in total. The highest BCUT2D eigenvalue weighted by Crippen LogP contribution is 2.31. The Hall–Kier alpha value is -2.08. The number of rotatable bonds is 5. The van der Waals surface area contributed by atoms with Gasteiger partial charge in [0, 0.05) is 24.8 Å². The maximum atomic E-state index is 13.7. The number of nitrogens with zero attached hydrogens (tertiary/aromatic N) is 2. The van der Waals surface area contributed by atoms with Crippen molar-refractivity contribution in [2.75, 3.05) is 23.3 Å². The fraction of sp³-hybridized carbons (Fsp3) is 0.471. The van der Waals surface area contributed by atoms with Gasteiger partial charge >= 0.3 is 0 Å². The van der Waals surface area contributed by atoms with Gasteiger partial charge in [-0.2, -0.15) is 0 Å². The van der Waals surface area contributed by atoms with Crippen LogP contribution < -0.4 is 16.0 Å². The highest BCUT2D eigenvalue weighted by atomic mass is 19.1. The number of aromatic nitrogens is 1. The second-order valence-electron chi connectivity index (χ2n) is 5.96. The number of furan rings is 1. The molecule has 0 saturated carbocycles. The number of nitrogens with two attached hydrogens (primary N) is 1. The first kappa shape index (κ1) is 15.8. The Kier molecular flexibility index (Phi) is 4.81. The van der Waals surface area contributed by atoms with E-state index in [1.165, 1.54) is 0 Å². The van der Waals surface area contributed by atoms with Gasteiger partial charge in [0.25, 0.3) is 0 Å². The van der Waals surface area contributed by atoms with Crippen molar-refractivity contribution in [1.82, 2.24) is 4.98 Å². The summed E-state index contributed by atoms with van der Waals surface area (Å²) in [5.41, 5.74) is 8.80. The summed E-state index contributed by atoms with van der Waals surface area (Å²) in [5, 5.41) is 3.24. The van der Waals surface area contributed by atoms with Crippen molar-refractivity contribution in [3.05, 3.63) is 36.4 Å². The molecule has 2 aromatic rings. The van der Waals surface area contributed by atoms with E-state index in [1.807, 2.05) is 18.3 Å². The molecular weight excluding hydrogens is 295 g/mol. The molecule has 0 spiro atoms. The molecular formula is C17H23FN4O. The molecule has 23 heavy (non-hydrogen) atoms. The molecule has 124 valence electrons. The predicted molar refractivity (Wildman–Crippen MR) is 89.9 cm³/mol. The van der Waals surface area contributed by atoms with Crippen LogP contribution in [-0.4, -0.2) is 30.3 Å². The van der Waals surface area contributed by atoms with Crippen LogP contribution in [0.25, 0.3) is 0 Å². The van der Waals surface area contributed by atoms with Gasteiger partial charge in [0.05, 0.1) is 29.9 Å². The standard InChI is InChI=1S/C17H23FN4O/c1-2-4-12-9-16(22-7-6-13(18)14(19)11-22)15(10-20-12)21-17-5-3-8-23-17/h3,5,8-10,13-14,21H,2,4,6-7,11,19H2,1H3/t13-,14-/m0/s1. The lowest BCUT2D eigenvalue weighted by Gasteiger charge is -2.35. The Morgan fingerprint density at radius 2 is 2.39 bits per heavy atom. The normalized spacial score (nSPS) is 21.4. The highest BCUT2D eigenvalue weighted by molar-refractivity contribution is 5.73. The van der Waals surface area contributed by atoms with Crippen molar-refractivity contribution in [3.63, 3.8) is 0 Å². The molecule has 1 aliphatic heterocycles. The largest absolute Gasteiger partial charge is 0.449 e. The summed E-state index contributed by atoms with van der Waals surface area (Å²) in [6.45, 7) is 3.28. The van der Waals surface area contributed by atoms with Gasteiger partial charge in [0.15, 0.2) is 5.88 Å². The molecule has 0 radical (unpaired) electrons. The van der Waals surface area contributed by atoms with Crippen LogP contribution in [0, 0.1) is 0 Å². The van der Waals surface area contributed by atoms with Crippen molar-refractivity contribution in [2.45, 2.75) is 38.4 Å². The molecule has 1 aliphatic rings. The van der Waals surface area contributed by atoms with Crippen molar-refractivity contribution in [2.24, 2.45) is 5.73 Å². The summed E-state index contributed by atoms with van der Waals surface area (Å²) in [6.07, 6.45) is 4.90. The van der Waals surface area contributed by atoms with Gasteiger partial charge < -0.3 is 20.4 Å². The molecule has 0 amide bonds. The number of aryl methyl sites for hydroxylation is 1. The number of nitrogens with one attached hydrogen (secondary N) is 1. The van der Waals surface area contributed by atoms with Gasteiger partial charge in [-0.1, -0.05) is 13.3 Å². The Morgan fingerprint density at radius 3 is 3.09 bits per heavy atom. The quantitative estimate of drug-likeness (QED) is 0.886. The lowest BCUT2D eigenvalue weighted by Crippen LogP contribution is -2.49. The maximum absolute atomic E-state index is 13.7. The van der Waals surface area contributed by atoms with E-state index in [-0.39, 0.29) is 0 Å². The van der Waals surface area contributed by atoms with Crippen molar-refractivity contribution in [1.29, 1.82) is 0 Å². The molecule has 6 heteroatoms. The fourth-order valence-corrected chi connectivity index (χ4v) is 2.89. The molecule has 3 rings (SSSR count). The van der Waals surface area contributed by atoms with Gasteiger partial charge in [-0.25, -0.2) is 4.39 Å². The van der Waals surface area contributed by atoms with E-state index in [2.05, 4.69) is 28.2 Å². The van der Waals surface area contributed by atoms with E-state index in [4.69, 9.17) is 10.2 Å². The Balaban J connectivity index is 1.89. The summed E-state index contributed by atoms with van der Waals surface area (Å²) >= 11 is 0. The smallest absolute Gasteiger partial charge is 0.197 e. The second kappa shape index (κ2) is 7.00. The minimum absolute atomic E-state index is 0.451. The summed E-state index contributed by atoms with van der Waals surface area (Å²) in [4.78, 5) is 6.63. The monoisotopic (exact) mass is 318 g/mol. The van der Waals surface area contributed by atoms with Crippen LogP contribution in [0.4, 0.5) is 21.6 Å². The zero-order valence-corrected chi connectivity index (χ0v) is 13.3. The summed E-state index contributed by atoms with van der Waals surface area (Å²) in [7, 11) is 0. The minimum Gasteiger partial charge on any atom is -0.449 e. The Bertz CT molecular complexity index is 632. The lowest BCUT2D eigenvalue weighted by atomic mass is 10.0. The number of anilines is 3. The van der Waals surface area contributed by atoms with Crippen LogP contribution in [0.2, 0.25) is 0 Å². The molecule has 0 aromatic carbocycles. The van der Waals surface area contributed by atoms with Crippen LogP contribution in [-0.2, 0) is 6.42 Å². The Morgan fingerprint density at radius 1 is 1.52 bits per heavy atom. The first-order valence-corrected chi connectivity index (χ1v) is 8.11. The van der Waals surface area contributed by atoms with Gasteiger partial charge in [-0.05, 0) is 25.0 Å². The number of hydrogen-bond donors (Lipinski definition) is 2. The average Bonchev–Trinajstić information content (AvgIpc) is 3.05. The van der Waals surface area contributed by atoms with Crippen LogP contribution in [0.15, 0.2) is 35.1 Å². The average molecular weight is 318 g/mol. The van der Waals surface area contributed by atoms with Crippen molar-refractivity contribution < 1.29 is 8.81 Å². The number of pyridine rings is 1. The van der Waals surface area contributed by atoms with E-state index in [0.717, 1.165) is 29.9 Å². The summed E-state index contributed by atoms with van der Waals surface area (Å²) in [6, 6.07) is 5.29. The zero-order chi connectivity index (χ0) is 16.2. The van der Waals surface area contributed by atoms with Crippen molar-refractivity contribution in [3.8, 4) is 0 Å². The van der Waals surface area contributed by atoms with Crippen LogP contribution in [0.5, 0.6) is 0 Å². The zero-order valence-electron chi connectivity index (χ0n) is 13.3. The number of halogens is 1. The van der Waals surface area contributed by atoms with Gasteiger partial charge in [0.1, 0.15) is 6.17 Å². The molecule has 2 atom stereocenters. The summed E-state index contributed by atoms with van der Waals surface area (Å²) < 4.78 is 19.0. The fourth-order valence-electron chi connectivity index (χ4n) is 2.89. The van der Waals surface area contributed by atoms with E-state index in [0.29, 0.717) is 25.4 Å². The van der Waals surface area contributed by atoms with E-state index >= 15 is 0 Å². The molecule has 0 unspecified atom stereocenters. The molecule has 0 bridgehead atoms. The molecule has 1 fully saturated rings. The maximum Gasteiger partial charge on any atom is 0.197 e. The van der Waals surface area contributed by atoms with Crippen molar-refractivity contribution >= 4 is 17.3 Å². The molecule has 5 nitrogen and oxygen atoms in total. The first-order chi connectivity index (χ1) is 11.2. The third-order valence-corrected chi connectivity index (χ3v) is 4.14. The molecule has 1 saturated heterocycles. The van der Waals surface area contributed by atoms with Gasteiger partial charge in [-0.3, -0.25) is 4.98 Å². The third kappa shape index (κ3) is 3.64. The van der Waals surface area contributed by atoms with E-state index in [9.17, 15) is 4.39 Å². The predicted octanol–water partition coefficient (Wildman–Crippen LogP) is 3.25. The SMILES string of the molecule is CCCc1cc(N2CC[C@H](F)[C@@H](N)C2)c(Nc2ccco2)cn1. The van der Waals surface area contributed by atoms with Gasteiger partial charge in [0.2, 0.25) is 0 Å². The van der Waals surface area contributed by atoms with E-state index in [1.54, 1.807) is 6.26 Å². The second-order valence-corrected chi connectivity index (χ2v) is 5.96. The lowest BCUT2D eigenvalue weighted by molar-refractivity contribution is 0.244. The van der Waals surface area contributed by atoms with Crippen LogP contribution >= 0.6 is 0 Å². The Labute approximate surface area is 135 Å². The topological polar surface area (TPSA) is 67.3 Å². The van der Waals surface area contributed by atoms with Crippen LogP contribution in [0.3, 0.4) is 0 Å². The number of alkyl halides is 1. The first-order valence-electron chi connectivity index (χ1n) is 8.11. The minimum atomic E-state index is -0.926. The molecule has 3 heterocycles. The number of hydrogen-bond acceptors (Lipinski definition) is 5. The molecule has 0 aliphatic carbocycles. The van der Waals surface area contributed by atoms with E-state index < -0.39 is 12.2 Å². The summed E-state index contributed by atoms with van der Waals surface area (Å²) in [5.74, 6) is 0.654. The third-order valence-electron chi connectivity index (χ3n) is 4.14.